The molecule has 0 saturated carbocycles. The van der Waals surface area contributed by atoms with Gasteiger partial charge in [-0.25, -0.2) is 0 Å². The Bertz CT molecular complexity index is 471. The maximum absolute atomic E-state index is 5.50. The van der Waals surface area contributed by atoms with Gasteiger partial charge in [-0.1, -0.05) is 12.1 Å². The lowest BCUT2D eigenvalue weighted by molar-refractivity contribution is 0.00367. The average Bonchev–Trinajstić information content (AvgIpc) is 2.61. The number of piperidine rings is 1. The summed E-state index contributed by atoms with van der Waals surface area (Å²) in [5, 5.41) is 3.74. The molecule has 1 aromatic carbocycles. The zero-order chi connectivity index (χ0) is 16.1. The van der Waals surface area contributed by atoms with E-state index < -0.39 is 0 Å². The Morgan fingerprint density at radius 3 is 2.57 bits per heavy atom. The van der Waals surface area contributed by atoms with Gasteiger partial charge >= 0.3 is 0 Å². The van der Waals surface area contributed by atoms with Gasteiger partial charge in [0.05, 0.1) is 7.11 Å². The number of nitrogens with one attached hydrogen (secondary N) is 1. The van der Waals surface area contributed by atoms with Gasteiger partial charge in [0, 0.05) is 44.4 Å². The van der Waals surface area contributed by atoms with Crippen molar-refractivity contribution in [2.24, 2.45) is 0 Å². The number of methoxy groups -OCH3 is 1. The minimum Gasteiger partial charge on any atom is -0.497 e. The molecule has 0 radical (unpaired) electrons. The lowest BCUT2D eigenvalue weighted by atomic mass is 9.94. The fourth-order valence-corrected chi connectivity index (χ4v) is 3.94. The smallest absolute Gasteiger partial charge is 0.118 e. The minimum absolute atomic E-state index is 0.628. The van der Waals surface area contributed by atoms with Crippen molar-refractivity contribution < 1.29 is 9.47 Å². The first-order valence-electron chi connectivity index (χ1n) is 8.96. The maximum atomic E-state index is 5.50. The van der Waals surface area contributed by atoms with Crippen LogP contribution < -0.4 is 10.1 Å². The zero-order valence-corrected chi connectivity index (χ0v) is 14.5. The van der Waals surface area contributed by atoms with E-state index in [4.69, 9.17) is 9.47 Å². The first kappa shape index (κ1) is 16.7. The molecule has 23 heavy (non-hydrogen) atoms. The van der Waals surface area contributed by atoms with Crippen LogP contribution in [0.1, 0.15) is 38.2 Å². The van der Waals surface area contributed by atoms with Gasteiger partial charge in [-0.3, -0.25) is 4.90 Å². The Morgan fingerprint density at radius 2 is 1.91 bits per heavy atom. The molecule has 1 aromatic rings. The van der Waals surface area contributed by atoms with Crippen LogP contribution in [0.15, 0.2) is 24.3 Å². The van der Waals surface area contributed by atoms with Crippen molar-refractivity contribution in [3.8, 4) is 5.75 Å². The molecule has 2 aliphatic rings. The van der Waals surface area contributed by atoms with Crippen LogP contribution in [0.3, 0.4) is 0 Å². The second-order valence-electron chi connectivity index (χ2n) is 6.88. The number of nitrogens with zero attached hydrogens (tertiary/aromatic N) is 1. The van der Waals surface area contributed by atoms with Crippen molar-refractivity contribution in [2.75, 3.05) is 26.9 Å². The Kier molecular flexibility index (Phi) is 5.92. The van der Waals surface area contributed by atoms with E-state index in [1.54, 1.807) is 7.11 Å². The highest BCUT2D eigenvalue weighted by Gasteiger charge is 2.31. The van der Waals surface area contributed by atoms with Crippen LogP contribution >= 0.6 is 0 Å². The predicted molar refractivity (Wildman–Crippen MR) is 92.9 cm³/mol. The van der Waals surface area contributed by atoms with Crippen LogP contribution in [0.25, 0.3) is 0 Å². The van der Waals surface area contributed by atoms with Gasteiger partial charge in [0.25, 0.3) is 0 Å². The van der Waals surface area contributed by atoms with E-state index in [2.05, 4.69) is 29.3 Å². The van der Waals surface area contributed by atoms with Crippen molar-refractivity contribution in [3.05, 3.63) is 29.8 Å². The second-order valence-corrected chi connectivity index (χ2v) is 6.88. The third-order valence-corrected chi connectivity index (χ3v) is 5.34. The van der Waals surface area contributed by atoms with Gasteiger partial charge in [0.1, 0.15) is 5.75 Å². The molecular formula is C19H30N2O2. The number of likely N-dealkylation sites (tertiary alicyclic amines) is 1. The first-order chi connectivity index (χ1) is 11.3. The normalized spacial score (nSPS) is 27.0. The number of ether oxygens (including phenoxy) is 2. The summed E-state index contributed by atoms with van der Waals surface area (Å²) in [5.74, 6) is 0.923. The topological polar surface area (TPSA) is 33.7 Å². The molecule has 2 fully saturated rings. The summed E-state index contributed by atoms with van der Waals surface area (Å²) in [5.41, 5.74) is 1.32. The summed E-state index contributed by atoms with van der Waals surface area (Å²) < 4.78 is 10.7. The second kappa shape index (κ2) is 8.13. The third-order valence-electron chi connectivity index (χ3n) is 5.34. The van der Waals surface area contributed by atoms with Crippen LogP contribution in [0.5, 0.6) is 5.75 Å². The molecule has 0 aromatic heterocycles. The minimum atomic E-state index is 0.628. The fourth-order valence-electron chi connectivity index (χ4n) is 3.94. The molecule has 4 nitrogen and oxygen atoms in total. The molecule has 3 rings (SSSR count). The summed E-state index contributed by atoms with van der Waals surface area (Å²) >= 11 is 0. The third kappa shape index (κ3) is 4.46. The monoisotopic (exact) mass is 318 g/mol. The van der Waals surface area contributed by atoms with Gasteiger partial charge in [-0.05, 0) is 50.3 Å². The Labute approximate surface area is 140 Å². The molecule has 2 saturated heterocycles. The van der Waals surface area contributed by atoms with Crippen LogP contribution in [0, 0.1) is 0 Å². The average molecular weight is 318 g/mol. The molecule has 0 amide bonds. The van der Waals surface area contributed by atoms with E-state index in [1.807, 2.05) is 12.1 Å². The summed E-state index contributed by atoms with van der Waals surface area (Å²) in [6.07, 6.45) is 4.90. The van der Waals surface area contributed by atoms with Gasteiger partial charge in [0.2, 0.25) is 0 Å². The van der Waals surface area contributed by atoms with Crippen molar-refractivity contribution >= 4 is 0 Å². The van der Waals surface area contributed by atoms with Crippen LogP contribution in [0.2, 0.25) is 0 Å². The summed E-state index contributed by atoms with van der Waals surface area (Å²) in [4.78, 5) is 2.72. The highest BCUT2D eigenvalue weighted by molar-refractivity contribution is 5.27. The lowest BCUT2D eigenvalue weighted by Crippen LogP contribution is -2.52. The van der Waals surface area contributed by atoms with Gasteiger partial charge < -0.3 is 14.8 Å². The van der Waals surface area contributed by atoms with Crippen molar-refractivity contribution in [2.45, 2.75) is 57.3 Å². The van der Waals surface area contributed by atoms with Crippen molar-refractivity contribution in [3.63, 3.8) is 0 Å². The molecule has 128 valence electrons. The molecule has 0 bridgehead atoms. The largest absolute Gasteiger partial charge is 0.497 e. The molecule has 0 spiro atoms. The number of rotatable bonds is 5. The summed E-state index contributed by atoms with van der Waals surface area (Å²) in [6, 6.07) is 10.4. The van der Waals surface area contributed by atoms with E-state index in [0.717, 1.165) is 31.5 Å². The molecule has 2 heterocycles. The molecule has 0 aliphatic carbocycles. The van der Waals surface area contributed by atoms with Gasteiger partial charge in [-0.15, -0.1) is 0 Å². The Hall–Kier alpha value is -1.10. The standard InChI is InChI=1S/C19H30N2O2/c1-15-13-17(7-10-21(15)18-8-11-23-12-9-18)20-14-16-3-5-19(22-2)6-4-16/h3-6,15,17-18,20H,7-14H2,1-2H3. The highest BCUT2D eigenvalue weighted by Crippen LogP contribution is 2.25. The van der Waals surface area contributed by atoms with Crippen LogP contribution in [-0.2, 0) is 11.3 Å². The Morgan fingerprint density at radius 1 is 1.17 bits per heavy atom. The van der Waals surface area contributed by atoms with Gasteiger partial charge in [0.15, 0.2) is 0 Å². The molecule has 2 unspecified atom stereocenters. The number of benzene rings is 1. The lowest BCUT2D eigenvalue weighted by Gasteiger charge is -2.44. The first-order valence-corrected chi connectivity index (χ1v) is 8.96. The zero-order valence-electron chi connectivity index (χ0n) is 14.5. The van der Waals surface area contributed by atoms with Gasteiger partial charge in [-0.2, -0.15) is 0 Å². The van der Waals surface area contributed by atoms with E-state index in [1.165, 1.54) is 37.8 Å². The van der Waals surface area contributed by atoms with Crippen molar-refractivity contribution in [1.29, 1.82) is 0 Å². The van der Waals surface area contributed by atoms with Crippen molar-refractivity contribution in [1.82, 2.24) is 10.2 Å². The molecular weight excluding hydrogens is 288 g/mol. The summed E-state index contributed by atoms with van der Waals surface area (Å²) in [6.45, 7) is 6.42. The number of hydrogen-bond acceptors (Lipinski definition) is 4. The quantitative estimate of drug-likeness (QED) is 0.905. The van der Waals surface area contributed by atoms with E-state index in [0.29, 0.717) is 12.1 Å². The fraction of sp³-hybridized carbons (Fsp3) is 0.684. The van der Waals surface area contributed by atoms with E-state index in [9.17, 15) is 0 Å². The molecule has 4 heteroatoms. The molecule has 2 atom stereocenters. The summed E-state index contributed by atoms with van der Waals surface area (Å²) in [7, 11) is 1.71. The van der Waals surface area contributed by atoms with E-state index >= 15 is 0 Å². The van der Waals surface area contributed by atoms with Crippen LogP contribution in [0.4, 0.5) is 0 Å². The predicted octanol–water partition coefficient (Wildman–Crippen LogP) is 2.82. The molecule has 1 N–H and O–H groups in total. The van der Waals surface area contributed by atoms with Crippen LogP contribution in [-0.4, -0.2) is 49.9 Å². The molecule has 2 aliphatic heterocycles. The Balaban J connectivity index is 1.45. The SMILES string of the molecule is COc1ccc(CNC2CCN(C3CCOCC3)C(C)C2)cc1. The highest BCUT2D eigenvalue weighted by atomic mass is 16.5. The van der Waals surface area contributed by atoms with E-state index in [-0.39, 0.29) is 0 Å². The number of hydrogen-bond donors (Lipinski definition) is 1. The maximum Gasteiger partial charge on any atom is 0.118 e.